The summed E-state index contributed by atoms with van der Waals surface area (Å²) in [4.78, 5) is 6.90. The Labute approximate surface area is 96.2 Å². The lowest BCUT2D eigenvalue weighted by molar-refractivity contribution is 0.369. The number of rotatable bonds is 1. The van der Waals surface area contributed by atoms with E-state index < -0.39 is 0 Å². The minimum absolute atomic E-state index is 0.977. The third kappa shape index (κ3) is 1.77. The molecule has 1 aromatic heterocycles. The second-order valence-corrected chi connectivity index (χ2v) is 4.68. The first-order valence-electron chi connectivity index (χ1n) is 5.89. The number of nitrogens with zero attached hydrogens (tertiary/aromatic N) is 2. The molecule has 0 bridgehead atoms. The molecular weight excluding hydrogens is 198 g/mol. The van der Waals surface area contributed by atoms with E-state index in [2.05, 4.69) is 34.4 Å². The van der Waals surface area contributed by atoms with Gasteiger partial charge in [0, 0.05) is 32.4 Å². The van der Waals surface area contributed by atoms with E-state index in [1.54, 1.807) is 0 Å². The molecule has 16 heavy (non-hydrogen) atoms. The number of nitrogens with one attached hydrogen (secondary N) is 1. The van der Waals surface area contributed by atoms with Crippen molar-refractivity contribution in [3.63, 3.8) is 0 Å². The van der Waals surface area contributed by atoms with Gasteiger partial charge in [0.05, 0.1) is 5.69 Å². The fraction of sp³-hybridized carbons (Fsp3) is 0.462. The Hall–Kier alpha value is -1.19. The van der Waals surface area contributed by atoms with Crippen molar-refractivity contribution < 1.29 is 0 Å². The second kappa shape index (κ2) is 4.00. The monoisotopic (exact) mass is 215 g/mol. The first-order chi connectivity index (χ1) is 7.83. The van der Waals surface area contributed by atoms with Gasteiger partial charge in [-0.3, -0.25) is 4.98 Å². The Morgan fingerprint density at radius 3 is 3.00 bits per heavy atom. The van der Waals surface area contributed by atoms with Crippen LogP contribution in [0.25, 0.3) is 5.57 Å². The van der Waals surface area contributed by atoms with E-state index in [1.807, 2.05) is 6.20 Å². The molecule has 1 N–H and O–H groups in total. The fourth-order valence-corrected chi connectivity index (χ4v) is 2.36. The zero-order valence-electron chi connectivity index (χ0n) is 9.66. The molecule has 0 saturated carbocycles. The van der Waals surface area contributed by atoms with Gasteiger partial charge in [-0.2, -0.15) is 0 Å². The standard InChI is InChI=1S/C13H17N3/c1-16-4-2-10(3-5-16)13-6-11-7-14-8-12(11)9-15-13/h2,6,9,14H,3-5,7-8H2,1H3. The molecule has 2 aliphatic heterocycles. The molecule has 0 fully saturated rings. The molecule has 3 rings (SSSR count). The van der Waals surface area contributed by atoms with Crippen LogP contribution in [0.4, 0.5) is 0 Å². The molecule has 3 nitrogen and oxygen atoms in total. The Balaban J connectivity index is 1.90. The smallest absolute Gasteiger partial charge is 0.0662 e. The van der Waals surface area contributed by atoms with Gasteiger partial charge in [-0.05, 0) is 36.2 Å². The lowest BCUT2D eigenvalue weighted by Crippen LogP contribution is -2.23. The lowest BCUT2D eigenvalue weighted by atomic mass is 10.0. The maximum atomic E-state index is 4.57. The first kappa shape index (κ1) is 10.00. The zero-order valence-corrected chi connectivity index (χ0v) is 9.66. The van der Waals surface area contributed by atoms with Crippen molar-refractivity contribution >= 4 is 5.57 Å². The maximum absolute atomic E-state index is 4.57. The Bertz CT molecular complexity index is 437. The SMILES string of the molecule is CN1CC=C(c2cc3c(cn2)CNC3)CC1. The van der Waals surface area contributed by atoms with E-state index in [4.69, 9.17) is 0 Å². The van der Waals surface area contributed by atoms with Gasteiger partial charge in [-0.15, -0.1) is 0 Å². The van der Waals surface area contributed by atoms with Crippen molar-refractivity contribution in [2.24, 2.45) is 0 Å². The summed E-state index contributed by atoms with van der Waals surface area (Å²) in [6.45, 7) is 4.16. The van der Waals surface area contributed by atoms with Crippen LogP contribution >= 0.6 is 0 Å². The minimum atomic E-state index is 0.977. The summed E-state index contributed by atoms with van der Waals surface area (Å²) < 4.78 is 0. The highest BCUT2D eigenvalue weighted by Crippen LogP contribution is 2.23. The van der Waals surface area contributed by atoms with Gasteiger partial charge in [-0.25, -0.2) is 0 Å². The highest BCUT2D eigenvalue weighted by atomic mass is 15.1. The zero-order chi connectivity index (χ0) is 11.0. The van der Waals surface area contributed by atoms with Crippen molar-refractivity contribution in [1.82, 2.24) is 15.2 Å². The summed E-state index contributed by atoms with van der Waals surface area (Å²) in [5.41, 5.74) is 5.37. The van der Waals surface area contributed by atoms with Crippen molar-refractivity contribution in [3.05, 3.63) is 35.2 Å². The van der Waals surface area contributed by atoms with Gasteiger partial charge < -0.3 is 10.2 Å². The van der Waals surface area contributed by atoms with Crippen LogP contribution < -0.4 is 5.32 Å². The van der Waals surface area contributed by atoms with E-state index in [0.29, 0.717) is 0 Å². The molecule has 1 aromatic rings. The van der Waals surface area contributed by atoms with E-state index in [9.17, 15) is 0 Å². The van der Waals surface area contributed by atoms with E-state index in [-0.39, 0.29) is 0 Å². The average molecular weight is 215 g/mol. The quantitative estimate of drug-likeness (QED) is 0.767. The Morgan fingerprint density at radius 2 is 2.19 bits per heavy atom. The molecule has 3 heteroatoms. The van der Waals surface area contributed by atoms with Crippen LogP contribution in [0.1, 0.15) is 23.2 Å². The van der Waals surface area contributed by atoms with E-state index in [1.165, 1.54) is 22.4 Å². The molecule has 0 saturated heterocycles. The lowest BCUT2D eigenvalue weighted by Gasteiger charge is -2.21. The molecule has 3 heterocycles. The molecule has 0 spiro atoms. The summed E-state index contributed by atoms with van der Waals surface area (Å²) in [7, 11) is 2.16. The topological polar surface area (TPSA) is 28.2 Å². The van der Waals surface area contributed by atoms with Crippen molar-refractivity contribution in [2.45, 2.75) is 19.5 Å². The molecule has 2 aliphatic rings. The molecular formula is C13H17N3. The Kier molecular flexibility index (Phi) is 2.50. The molecule has 0 aromatic carbocycles. The molecule has 0 aliphatic carbocycles. The van der Waals surface area contributed by atoms with E-state index >= 15 is 0 Å². The third-order valence-electron chi connectivity index (χ3n) is 3.46. The second-order valence-electron chi connectivity index (χ2n) is 4.68. The normalized spacial score (nSPS) is 20.7. The highest BCUT2D eigenvalue weighted by Gasteiger charge is 2.15. The summed E-state index contributed by atoms with van der Waals surface area (Å²) in [5, 5.41) is 3.36. The predicted molar refractivity (Wildman–Crippen MR) is 64.9 cm³/mol. The van der Waals surface area contributed by atoms with Crippen LogP contribution in [0.2, 0.25) is 0 Å². The summed E-state index contributed by atoms with van der Waals surface area (Å²) in [5.74, 6) is 0. The molecule has 0 unspecified atom stereocenters. The van der Waals surface area contributed by atoms with Gasteiger partial charge in [0.1, 0.15) is 0 Å². The number of likely N-dealkylation sites (N-methyl/N-ethyl adjacent to an activating group) is 1. The van der Waals surface area contributed by atoms with Crippen LogP contribution in [-0.2, 0) is 13.1 Å². The fourth-order valence-electron chi connectivity index (χ4n) is 2.36. The number of hydrogen-bond donors (Lipinski definition) is 1. The molecule has 0 amide bonds. The molecule has 0 atom stereocenters. The van der Waals surface area contributed by atoms with Gasteiger partial charge >= 0.3 is 0 Å². The average Bonchev–Trinajstić information content (AvgIpc) is 2.77. The maximum Gasteiger partial charge on any atom is 0.0662 e. The van der Waals surface area contributed by atoms with Gasteiger partial charge in [0.15, 0.2) is 0 Å². The summed E-state index contributed by atoms with van der Waals surface area (Å²) >= 11 is 0. The number of fused-ring (bicyclic) bond motifs is 1. The summed E-state index contributed by atoms with van der Waals surface area (Å²) in [6.07, 6.45) is 5.46. The van der Waals surface area contributed by atoms with Crippen molar-refractivity contribution in [1.29, 1.82) is 0 Å². The number of aromatic nitrogens is 1. The van der Waals surface area contributed by atoms with Crippen LogP contribution in [0, 0.1) is 0 Å². The third-order valence-corrected chi connectivity index (χ3v) is 3.46. The minimum Gasteiger partial charge on any atom is -0.309 e. The van der Waals surface area contributed by atoms with Gasteiger partial charge in [0.25, 0.3) is 0 Å². The number of hydrogen-bond acceptors (Lipinski definition) is 3. The number of pyridine rings is 1. The summed E-state index contributed by atoms with van der Waals surface area (Å²) in [6, 6.07) is 2.26. The highest BCUT2D eigenvalue weighted by molar-refractivity contribution is 5.64. The van der Waals surface area contributed by atoms with Crippen LogP contribution in [0.5, 0.6) is 0 Å². The van der Waals surface area contributed by atoms with Crippen LogP contribution in [-0.4, -0.2) is 30.0 Å². The van der Waals surface area contributed by atoms with Gasteiger partial charge in [0.2, 0.25) is 0 Å². The van der Waals surface area contributed by atoms with Crippen molar-refractivity contribution in [2.75, 3.05) is 20.1 Å². The largest absolute Gasteiger partial charge is 0.309 e. The Morgan fingerprint density at radius 1 is 1.31 bits per heavy atom. The van der Waals surface area contributed by atoms with Crippen molar-refractivity contribution in [3.8, 4) is 0 Å². The first-order valence-corrected chi connectivity index (χ1v) is 5.89. The molecule has 0 radical (unpaired) electrons. The molecule has 84 valence electrons. The van der Waals surface area contributed by atoms with Crippen LogP contribution in [0.3, 0.4) is 0 Å². The van der Waals surface area contributed by atoms with Crippen LogP contribution in [0.15, 0.2) is 18.3 Å². The van der Waals surface area contributed by atoms with E-state index in [0.717, 1.165) is 32.6 Å². The predicted octanol–water partition coefficient (Wildman–Crippen LogP) is 1.40. The van der Waals surface area contributed by atoms with Gasteiger partial charge in [-0.1, -0.05) is 6.08 Å².